The molecule has 2 nitrogen and oxygen atoms in total. The molecule has 118 valence electrons. The van der Waals surface area contributed by atoms with Gasteiger partial charge in [0, 0.05) is 18.1 Å². The number of halogens is 4. The summed E-state index contributed by atoms with van der Waals surface area (Å²) in [5.41, 5.74) is 1.18. The Morgan fingerprint density at radius 2 is 2.14 bits per heavy atom. The molecule has 0 spiro atoms. The van der Waals surface area contributed by atoms with Crippen molar-refractivity contribution in [3.63, 3.8) is 0 Å². The molecule has 1 aliphatic rings. The number of hydrogen-bond donors (Lipinski definition) is 1. The summed E-state index contributed by atoms with van der Waals surface area (Å²) in [6.07, 6.45) is -2.27. The van der Waals surface area contributed by atoms with Crippen LogP contribution in [0.15, 0.2) is 24.3 Å². The molecule has 0 bridgehead atoms. The van der Waals surface area contributed by atoms with Crippen molar-refractivity contribution in [1.29, 1.82) is 0 Å². The van der Waals surface area contributed by atoms with E-state index in [4.69, 9.17) is 11.6 Å². The van der Waals surface area contributed by atoms with Gasteiger partial charge in [0.05, 0.1) is 6.54 Å². The molecule has 1 atom stereocenters. The summed E-state index contributed by atoms with van der Waals surface area (Å²) in [5, 5.41) is 3.20. The Bertz CT molecular complexity index is 451. The molecule has 2 rings (SSSR count). The number of nitrogens with zero attached hydrogens (tertiary/aromatic N) is 1. The molecule has 1 aromatic carbocycles. The lowest BCUT2D eigenvalue weighted by Crippen LogP contribution is -2.30. The van der Waals surface area contributed by atoms with Crippen molar-refractivity contribution in [2.75, 3.05) is 26.2 Å². The molecule has 6 heteroatoms. The molecule has 0 radical (unpaired) electrons. The lowest BCUT2D eigenvalue weighted by atomic mass is 10.1. The third-order valence-corrected chi connectivity index (χ3v) is 3.96. The fourth-order valence-corrected chi connectivity index (χ4v) is 2.93. The average molecular weight is 321 g/mol. The van der Waals surface area contributed by atoms with E-state index in [1.54, 1.807) is 0 Å². The van der Waals surface area contributed by atoms with Crippen LogP contribution in [0.3, 0.4) is 0 Å². The zero-order valence-electron chi connectivity index (χ0n) is 11.8. The summed E-state index contributed by atoms with van der Waals surface area (Å²) in [6.45, 7) is 2.32. The van der Waals surface area contributed by atoms with E-state index in [1.165, 1.54) is 5.56 Å². The largest absolute Gasteiger partial charge is 0.401 e. The van der Waals surface area contributed by atoms with Gasteiger partial charge in [-0.25, -0.2) is 0 Å². The van der Waals surface area contributed by atoms with Gasteiger partial charge in [0.1, 0.15) is 0 Å². The first kappa shape index (κ1) is 16.6. The van der Waals surface area contributed by atoms with Crippen LogP contribution in [0.5, 0.6) is 0 Å². The highest BCUT2D eigenvalue weighted by molar-refractivity contribution is 6.30. The molecule has 1 heterocycles. The van der Waals surface area contributed by atoms with Gasteiger partial charge in [-0.2, -0.15) is 13.2 Å². The first-order valence-electron chi connectivity index (χ1n) is 7.16. The van der Waals surface area contributed by atoms with E-state index in [1.807, 2.05) is 24.3 Å². The fourth-order valence-electron chi connectivity index (χ4n) is 2.72. The zero-order chi connectivity index (χ0) is 15.3. The maximum Gasteiger partial charge on any atom is 0.401 e. The van der Waals surface area contributed by atoms with E-state index in [0.717, 1.165) is 37.5 Å². The van der Waals surface area contributed by atoms with Crippen molar-refractivity contribution < 1.29 is 13.2 Å². The van der Waals surface area contributed by atoms with Gasteiger partial charge in [0.15, 0.2) is 0 Å². The first-order valence-corrected chi connectivity index (χ1v) is 7.54. The summed E-state index contributed by atoms with van der Waals surface area (Å²) in [6, 6.07) is 7.79. The Labute approximate surface area is 128 Å². The van der Waals surface area contributed by atoms with E-state index in [9.17, 15) is 13.2 Å². The van der Waals surface area contributed by atoms with Crippen molar-refractivity contribution in [3.8, 4) is 0 Å². The van der Waals surface area contributed by atoms with Crippen LogP contribution in [0.2, 0.25) is 5.02 Å². The Morgan fingerprint density at radius 3 is 2.86 bits per heavy atom. The molecule has 0 aliphatic carbocycles. The second-order valence-corrected chi connectivity index (χ2v) is 6.04. The number of alkyl halides is 3. The Morgan fingerprint density at radius 1 is 1.33 bits per heavy atom. The number of benzene rings is 1. The first-order chi connectivity index (χ1) is 9.92. The van der Waals surface area contributed by atoms with Crippen LogP contribution >= 0.6 is 11.6 Å². The topological polar surface area (TPSA) is 15.3 Å². The minimum atomic E-state index is -4.12. The monoisotopic (exact) mass is 320 g/mol. The normalized spacial score (nSPS) is 20.1. The van der Waals surface area contributed by atoms with E-state index < -0.39 is 12.7 Å². The SMILES string of the molecule is FC(F)(F)CNCCC1CCN(Cc2cccc(Cl)c2)C1. The maximum atomic E-state index is 12.0. The maximum absolute atomic E-state index is 12.0. The minimum Gasteiger partial charge on any atom is -0.309 e. The highest BCUT2D eigenvalue weighted by Gasteiger charge is 2.27. The number of nitrogens with one attached hydrogen (secondary N) is 1. The van der Waals surface area contributed by atoms with Crippen LogP contribution in [-0.4, -0.2) is 37.3 Å². The molecule has 1 fully saturated rings. The molecule has 21 heavy (non-hydrogen) atoms. The minimum absolute atomic E-state index is 0.426. The van der Waals surface area contributed by atoms with Gasteiger partial charge in [0.25, 0.3) is 0 Å². The number of hydrogen-bond acceptors (Lipinski definition) is 2. The zero-order valence-corrected chi connectivity index (χ0v) is 12.6. The lowest BCUT2D eigenvalue weighted by molar-refractivity contribution is -0.124. The second-order valence-electron chi connectivity index (χ2n) is 5.60. The molecule has 1 aliphatic heterocycles. The van der Waals surface area contributed by atoms with Crippen LogP contribution in [0.4, 0.5) is 13.2 Å². The third-order valence-electron chi connectivity index (χ3n) is 3.72. The van der Waals surface area contributed by atoms with E-state index >= 15 is 0 Å². The lowest BCUT2D eigenvalue weighted by Gasteiger charge is -2.16. The number of rotatable bonds is 6. The predicted molar refractivity (Wildman–Crippen MR) is 78.4 cm³/mol. The van der Waals surface area contributed by atoms with Gasteiger partial charge >= 0.3 is 6.18 Å². The summed E-state index contributed by atoms with van der Waals surface area (Å²) in [7, 11) is 0. The fraction of sp³-hybridized carbons (Fsp3) is 0.600. The van der Waals surface area contributed by atoms with E-state index in [0.29, 0.717) is 12.5 Å². The highest BCUT2D eigenvalue weighted by Crippen LogP contribution is 2.22. The highest BCUT2D eigenvalue weighted by atomic mass is 35.5. The molecule has 1 aromatic rings. The molecule has 1 N–H and O–H groups in total. The molecule has 1 saturated heterocycles. The van der Waals surface area contributed by atoms with Crippen molar-refractivity contribution in [3.05, 3.63) is 34.9 Å². The van der Waals surface area contributed by atoms with Gasteiger partial charge in [0.2, 0.25) is 0 Å². The summed E-state index contributed by atoms with van der Waals surface area (Å²) >= 11 is 5.96. The van der Waals surface area contributed by atoms with Crippen molar-refractivity contribution >= 4 is 11.6 Å². The van der Waals surface area contributed by atoms with Crippen LogP contribution in [0.25, 0.3) is 0 Å². The summed E-state index contributed by atoms with van der Waals surface area (Å²) in [4.78, 5) is 2.33. The molecular formula is C15H20ClF3N2. The molecular weight excluding hydrogens is 301 g/mol. The second kappa shape index (κ2) is 7.47. The Balaban J connectivity index is 1.67. The van der Waals surface area contributed by atoms with Gasteiger partial charge in [-0.15, -0.1) is 0 Å². The van der Waals surface area contributed by atoms with Gasteiger partial charge in [-0.1, -0.05) is 23.7 Å². The quantitative estimate of drug-likeness (QED) is 0.804. The van der Waals surface area contributed by atoms with Crippen LogP contribution in [0, 0.1) is 5.92 Å². The molecule has 0 aromatic heterocycles. The van der Waals surface area contributed by atoms with Crippen molar-refractivity contribution in [1.82, 2.24) is 10.2 Å². The standard InChI is InChI=1S/C15H20ClF3N2/c16-14-3-1-2-13(8-14)10-21-7-5-12(9-21)4-6-20-11-15(17,18)19/h1-3,8,12,20H,4-7,9-11H2. The third kappa shape index (κ3) is 6.24. The van der Waals surface area contributed by atoms with Gasteiger partial charge in [-0.05, 0) is 49.5 Å². The predicted octanol–water partition coefficient (Wildman–Crippen LogP) is 3.70. The van der Waals surface area contributed by atoms with Crippen LogP contribution < -0.4 is 5.32 Å². The van der Waals surface area contributed by atoms with Gasteiger partial charge in [-0.3, -0.25) is 4.90 Å². The van der Waals surface area contributed by atoms with Crippen molar-refractivity contribution in [2.45, 2.75) is 25.6 Å². The average Bonchev–Trinajstić information content (AvgIpc) is 2.81. The Kier molecular flexibility index (Phi) is 5.90. The molecule has 0 saturated carbocycles. The summed E-state index contributed by atoms with van der Waals surface area (Å²) in [5.74, 6) is 0.477. The van der Waals surface area contributed by atoms with Crippen LogP contribution in [-0.2, 0) is 6.54 Å². The van der Waals surface area contributed by atoms with Crippen LogP contribution in [0.1, 0.15) is 18.4 Å². The van der Waals surface area contributed by atoms with Crippen molar-refractivity contribution in [2.24, 2.45) is 5.92 Å². The number of likely N-dealkylation sites (tertiary alicyclic amines) is 1. The smallest absolute Gasteiger partial charge is 0.309 e. The molecule has 0 amide bonds. The summed E-state index contributed by atoms with van der Waals surface area (Å²) < 4.78 is 36.0. The molecule has 1 unspecified atom stereocenters. The van der Waals surface area contributed by atoms with E-state index in [-0.39, 0.29) is 0 Å². The van der Waals surface area contributed by atoms with Gasteiger partial charge < -0.3 is 5.32 Å². The van der Waals surface area contributed by atoms with E-state index in [2.05, 4.69) is 10.2 Å². The Hall–Kier alpha value is -0.780.